The van der Waals surface area contributed by atoms with Gasteiger partial charge in [0.15, 0.2) is 6.10 Å². The Morgan fingerprint density at radius 1 is 1.25 bits per heavy atom. The number of hydrogen-bond donors (Lipinski definition) is 1. The standard InChI is InChI=1S/C18H15N3O5S2/c1-11(17(23)20-13-5-2-3-6-14(13)21(24)25)26-16(22)9-12-10-28-18(19-12)15-7-4-8-27-15/h2-8,10-11H,9H2,1H3,(H,20,23). The molecule has 2 heterocycles. The van der Waals surface area contributed by atoms with Crippen LogP contribution in [-0.2, 0) is 20.7 Å². The van der Waals surface area contributed by atoms with Crippen molar-refractivity contribution < 1.29 is 19.2 Å². The number of para-hydroxylation sites is 2. The molecular formula is C18H15N3O5S2. The van der Waals surface area contributed by atoms with Crippen LogP contribution in [0.15, 0.2) is 47.2 Å². The van der Waals surface area contributed by atoms with Crippen molar-refractivity contribution in [2.24, 2.45) is 0 Å². The molecule has 1 atom stereocenters. The lowest BCUT2D eigenvalue weighted by Crippen LogP contribution is -2.30. The second-order valence-electron chi connectivity index (χ2n) is 5.69. The van der Waals surface area contributed by atoms with Gasteiger partial charge in [-0.2, -0.15) is 0 Å². The summed E-state index contributed by atoms with van der Waals surface area (Å²) in [5.74, 6) is -1.26. The normalized spacial score (nSPS) is 11.6. The summed E-state index contributed by atoms with van der Waals surface area (Å²) < 4.78 is 5.14. The Balaban J connectivity index is 1.57. The monoisotopic (exact) mass is 417 g/mol. The molecule has 0 spiro atoms. The van der Waals surface area contributed by atoms with Crippen LogP contribution in [0.1, 0.15) is 12.6 Å². The molecule has 1 amide bonds. The summed E-state index contributed by atoms with van der Waals surface area (Å²) in [5.41, 5.74) is 0.364. The number of esters is 1. The highest BCUT2D eigenvalue weighted by Crippen LogP contribution is 2.28. The van der Waals surface area contributed by atoms with E-state index in [0.717, 1.165) is 9.88 Å². The molecule has 10 heteroatoms. The smallest absolute Gasteiger partial charge is 0.312 e. The zero-order valence-electron chi connectivity index (χ0n) is 14.7. The highest BCUT2D eigenvalue weighted by molar-refractivity contribution is 7.20. The van der Waals surface area contributed by atoms with Crippen LogP contribution < -0.4 is 5.32 Å². The topological polar surface area (TPSA) is 111 Å². The predicted molar refractivity (Wildman–Crippen MR) is 106 cm³/mol. The second kappa shape index (κ2) is 8.72. The van der Waals surface area contributed by atoms with E-state index in [1.54, 1.807) is 22.8 Å². The van der Waals surface area contributed by atoms with Gasteiger partial charge in [-0.15, -0.1) is 22.7 Å². The van der Waals surface area contributed by atoms with Crippen LogP contribution in [0, 0.1) is 10.1 Å². The Bertz CT molecular complexity index is 1000. The zero-order chi connectivity index (χ0) is 20.1. The molecule has 0 bridgehead atoms. The minimum atomic E-state index is -1.11. The average molecular weight is 417 g/mol. The van der Waals surface area contributed by atoms with E-state index in [1.165, 1.54) is 36.5 Å². The van der Waals surface area contributed by atoms with Gasteiger partial charge in [-0.25, -0.2) is 4.98 Å². The minimum absolute atomic E-state index is 0.0421. The maximum atomic E-state index is 12.2. The number of nitrogens with zero attached hydrogens (tertiary/aromatic N) is 2. The Morgan fingerprint density at radius 2 is 2.04 bits per heavy atom. The Morgan fingerprint density at radius 3 is 2.75 bits per heavy atom. The number of aromatic nitrogens is 1. The number of thiazole rings is 1. The molecule has 1 N–H and O–H groups in total. The third kappa shape index (κ3) is 4.78. The van der Waals surface area contributed by atoms with Crippen molar-refractivity contribution in [3.63, 3.8) is 0 Å². The lowest BCUT2D eigenvalue weighted by molar-refractivity contribution is -0.383. The number of amides is 1. The van der Waals surface area contributed by atoms with Gasteiger partial charge in [0.25, 0.3) is 11.6 Å². The Kier molecular flexibility index (Phi) is 6.12. The van der Waals surface area contributed by atoms with Crippen LogP contribution in [0.4, 0.5) is 11.4 Å². The van der Waals surface area contributed by atoms with Crippen LogP contribution >= 0.6 is 22.7 Å². The highest BCUT2D eigenvalue weighted by Gasteiger charge is 2.22. The molecule has 0 aliphatic rings. The number of carbonyl (C=O) groups is 2. The number of nitro benzene ring substituents is 1. The van der Waals surface area contributed by atoms with Crippen LogP contribution in [0.25, 0.3) is 9.88 Å². The number of thiophene rings is 1. The molecule has 2 aromatic heterocycles. The van der Waals surface area contributed by atoms with E-state index in [0.29, 0.717) is 5.69 Å². The molecule has 1 aromatic carbocycles. The summed E-state index contributed by atoms with van der Waals surface area (Å²) in [6.07, 6.45) is -1.17. The molecule has 1 unspecified atom stereocenters. The Labute approximate surface area is 168 Å². The fraction of sp³-hybridized carbons (Fsp3) is 0.167. The predicted octanol–water partition coefficient (Wildman–Crippen LogP) is 3.89. The summed E-state index contributed by atoms with van der Waals surface area (Å²) in [5, 5.41) is 18.0. The summed E-state index contributed by atoms with van der Waals surface area (Å²) >= 11 is 2.99. The van der Waals surface area contributed by atoms with E-state index in [-0.39, 0.29) is 17.8 Å². The minimum Gasteiger partial charge on any atom is -0.452 e. The molecular weight excluding hydrogens is 402 g/mol. The summed E-state index contributed by atoms with van der Waals surface area (Å²) in [6, 6.07) is 9.61. The number of nitrogens with one attached hydrogen (secondary N) is 1. The van der Waals surface area contributed by atoms with E-state index in [4.69, 9.17) is 4.74 Å². The maximum absolute atomic E-state index is 12.2. The molecule has 0 fully saturated rings. The number of benzene rings is 1. The number of hydrogen-bond acceptors (Lipinski definition) is 8. The molecule has 8 nitrogen and oxygen atoms in total. The first kappa shape index (κ1) is 19.6. The molecule has 0 saturated heterocycles. The van der Waals surface area contributed by atoms with Crippen molar-refractivity contribution in [2.75, 3.05) is 5.32 Å². The highest BCUT2D eigenvalue weighted by atomic mass is 32.1. The first-order valence-electron chi connectivity index (χ1n) is 8.16. The van der Waals surface area contributed by atoms with Crippen LogP contribution in [0.5, 0.6) is 0 Å². The Hall–Kier alpha value is -3.11. The van der Waals surface area contributed by atoms with Crippen molar-refractivity contribution in [3.8, 4) is 9.88 Å². The van der Waals surface area contributed by atoms with Crippen LogP contribution in [0.3, 0.4) is 0 Å². The summed E-state index contributed by atoms with van der Waals surface area (Å²) in [4.78, 5) is 40.1. The number of nitro groups is 1. The quantitative estimate of drug-likeness (QED) is 0.355. The first-order valence-corrected chi connectivity index (χ1v) is 9.92. The van der Waals surface area contributed by atoms with Gasteiger partial charge in [0.2, 0.25) is 0 Å². The van der Waals surface area contributed by atoms with E-state index in [9.17, 15) is 19.7 Å². The maximum Gasteiger partial charge on any atom is 0.312 e. The van der Waals surface area contributed by atoms with Gasteiger partial charge >= 0.3 is 5.97 Å². The van der Waals surface area contributed by atoms with Crippen LogP contribution in [0.2, 0.25) is 0 Å². The molecule has 144 valence electrons. The van der Waals surface area contributed by atoms with Crippen molar-refractivity contribution in [2.45, 2.75) is 19.4 Å². The number of anilines is 1. The fourth-order valence-corrected chi connectivity index (χ4v) is 3.95. The van der Waals surface area contributed by atoms with Gasteiger partial charge in [-0.1, -0.05) is 18.2 Å². The lowest BCUT2D eigenvalue weighted by Gasteiger charge is -2.13. The first-order chi connectivity index (χ1) is 13.4. The molecule has 0 aliphatic heterocycles. The van der Waals surface area contributed by atoms with Gasteiger partial charge in [0.05, 0.1) is 21.9 Å². The van der Waals surface area contributed by atoms with Crippen molar-refractivity contribution in [1.82, 2.24) is 4.98 Å². The molecule has 3 rings (SSSR count). The third-order valence-electron chi connectivity index (χ3n) is 3.65. The fourth-order valence-electron chi connectivity index (χ4n) is 2.31. The summed E-state index contributed by atoms with van der Waals surface area (Å²) in [6.45, 7) is 1.40. The number of carbonyl (C=O) groups excluding carboxylic acids is 2. The third-order valence-corrected chi connectivity index (χ3v) is 5.58. The van der Waals surface area contributed by atoms with E-state index < -0.39 is 22.9 Å². The van der Waals surface area contributed by atoms with E-state index in [2.05, 4.69) is 10.3 Å². The van der Waals surface area contributed by atoms with Crippen LogP contribution in [-0.4, -0.2) is 27.9 Å². The van der Waals surface area contributed by atoms with Gasteiger partial charge in [-0.05, 0) is 24.4 Å². The SMILES string of the molecule is CC(OC(=O)Cc1csc(-c2cccs2)n1)C(=O)Nc1ccccc1[N+](=O)[O-]. The summed E-state index contributed by atoms with van der Waals surface area (Å²) in [7, 11) is 0. The van der Waals surface area contributed by atoms with Crippen molar-refractivity contribution >= 4 is 45.9 Å². The lowest BCUT2D eigenvalue weighted by atomic mass is 10.2. The number of ether oxygens (including phenoxy) is 1. The molecule has 3 aromatic rings. The number of rotatable bonds is 7. The second-order valence-corrected chi connectivity index (χ2v) is 7.50. The van der Waals surface area contributed by atoms with Gasteiger partial charge in [0, 0.05) is 11.4 Å². The molecule has 0 radical (unpaired) electrons. The van der Waals surface area contributed by atoms with Gasteiger partial charge in [0.1, 0.15) is 10.7 Å². The molecule has 0 saturated carbocycles. The largest absolute Gasteiger partial charge is 0.452 e. The van der Waals surface area contributed by atoms with Gasteiger partial charge in [-0.3, -0.25) is 19.7 Å². The van der Waals surface area contributed by atoms with Gasteiger partial charge < -0.3 is 10.1 Å². The zero-order valence-corrected chi connectivity index (χ0v) is 16.3. The van der Waals surface area contributed by atoms with E-state index in [1.807, 2.05) is 17.5 Å². The molecule has 0 aliphatic carbocycles. The van der Waals surface area contributed by atoms with E-state index >= 15 is 0 Å². The average Bonchev–Trinajstić information content (AvgIpc) is 3.33. The van der Waals surface area contributed by atoms with Crippen molar-refractivity contribution in [3.05, 3.63) is 63.0 Å². The molecule has 28 heavy (non-hydrogen) atoms. The van der Waals surface area contributed by atoms with Crippen molar-refractivity contribution in [1.29, 1.82) is 0 Å².